The van der Waals surface area contributed by atoms with Crippen LogP contribution in [0.25, 0.3) is 0 Å². The van der Waals surface area contributed by atoms with Crippen LogP contribution in [0, 0.1) is 35.5 Å². The van der Waals surface area contributed by atoms with Gasteiger partial charge in [0.25, 0.3) is 0 Å². The molecule has 0 N–H and O–H groups in total. The Kier molecular flexibility index (Phi) is 3.95. The molecule has 4 aliphatic rings. The minimum Gasteiger partial charge on any atom is -0.454 e. The van der Waals surface area contributed by atoms with Gasteiger partial charge in [-0.05, 0) is 72.2 Å². The molecule has 4 nitrogen and oxygen atoms in total. The number of esters is 2. The second-order valence-corrected chi connectivity index (χ2v) is 10.6. The molecule has 2 heterocycles. The molecule has 2 aromatic heterocycles. The van der Waals surface area contributed by atoms with E-state index in [4.69, 9.17) is 9.47 Å². The summed E-state index contributed by atoms with van der Waals surface area (Å²) in [7, 11) is 0. The van der Waals surface area contributed by atoms with E-state index in [1.165, 1.54) is 41.9 Å². The van der Waals surface area contributed by atoms with Crippen molar-refractivity contribution < 1.29 is 19.1 Å². The van der Waals surface area contributed by atoms with Gasteiger partial charge in [-0.3, -0.25) is 0 Å². The zero-order chi connectivity index (χ0) is 18.8. The number of hydrogen-bond donors (Lipinski definition) is 0. The topological polar surface area (TPSA) is 52.6 Å². The molecule has 8 unspecified atom stereocenters. The predicted octanol–water partition coefficient (Wildman–Crippen LogP) is 4.87. The van der Waals surface area contributed by atoms with E-state index in [0.717, 1.165) is 18.3 Å². The molecule has 4 saturated carbocycles. The number of rotatable bonds is 4. The van der Waals surface area contributed by atoms with Crippen LogP contribution >= 0.6 is 22.7 Å². The number of carbonyl (C=O) groups excluding carboxylic acids is 2. The third-order valence-electron chi connectivity index (χ3n) is 7.68. The maximum absolute atomic E-state index is 12.7. The number of thiophene rings is 2. The van der Waals surface area contributed by atoms with Gasteiger partial charge in [-0.25, -0.2) is 9.59 Å². The third-order valence-corrected chi connectivity index (χ3v) is 9.38. The molecule has 6 rings (SSSR count). The SMILES string of the molecule is O=C(OC1C2CC(C1OC(=O)c1cccs1)C1C3CCC(C3)C21)c1cccs1. The van der Waals surface area contributed by atoms with Gasteiger partial charge in [-0.1, -0.05) is 12.1 Å². The summed E-state index contributed by atoms with van der Waals surface area (Å²) in [5.74, 6) is 3.01. The van der Waals surface area contributed by atoms with Gasteiger partial charge in [0.15, 0.2) is 0 Å². The minimum atomic E-state index is -0.302. The van der Waals surface area contributed by atoms with Crippen LogP contribution in [0.3, 0.4) is 0 Å². The zero-order valence-corrected chi connectivity index (χ0v) is 17.0. The maximum atomic E-state index is 12.7. The quantitative estimate of drug-likeness (QED) is 0.529. The molecule has 0 spiro atoms. The van der Waals surface area contributed by atoms with Crippen molar-refractivity contribution in [3.8, 4) is 0 Å². The van der Waals surface area contributed by atoms with Crippen LogP contribution in [-0.4, -0.2) is 24.1 Å². The van der Waals surface area contributed by atoms with E-state index >= 15 is 0 Å². The standard InChI is InChI=1S/C22H22O4S2/c23-21(15-3-1-7-27-15)25-19-13-10-14(18-12-6-5-11(9-12)17(13)18)20(19)26-22(24)16-4-2-8-28-16/h1-4,7-8,11-14,17-20H,5-6,9-10H2. The average molecular weight is 415 g/mol. The first-order chi connectivity index (χ1) is 13.7. The average Bonchev–Trinajstić information content (AvgIpc) is 3.53. The summed E-state index contributed by atoms with van der Waals surface area (Å²) in [5, 5.41) is 3.77. The van der Waals surface area contributed by atoms with Crippen molar-refractivity contribution in [2.75, 3.05) is 0 Å². The highest BCUT2D eigenvalue weighted by molar-refractivity contribution is 7.12. The van der Waals surface area contributed by atoms with Gasteiger partial charge in [0, 0.05) is 11.8 Å². The Hall–Kier alpha value is -1.66. The number of carbonyl (C=O) groups is 2. The van der Waals surface area contributed by atoms with E-state index in [1.807, 2.05) is 22.9 Å². The highest BCUT2D eigenvalue weighted by Crippen LogP contribution is 2.68. The van der Waals surface area contributed by atoms with Crippen molar-refractivity contribution >= 4 is 34.6 Å². The summed E-state index contributed by atoms with van der Waals surface area (Å²) in [6, 6.07) is 7.32. The first-order valence-corrected chi connectivity index (χ1v) is 12.0. The normalized spacial score (nSPS) is 39.9. The number of fused-ring (bicyclic) bond motifs is 9. The van der Waals surface area contributed by atoms with Crippen LogP contribution in [0.2, 0.25) is 0 Å². The summed E-state index contributed by atoms with van der Waals surface area (Å²) in [6.07, 6.45) is 4.39. The molecule has 4 aliphatic carbocycles. The molecule has 4 bridgehead atoms. The van der Waals surface area contributed by atoms with E-state index in [9.17, 15) is 9.59 Å². The fourth-order valence-corrected chi connectivity index (χ4v) is 8.14. The molecule has 0 aliphatic heterocycles. The second kappa shape index (κ2) is 6.42. The highest BCUT2D eigenvalue weighted by atomic mass is 32.1. The second-order valence-electron chi connectivity index (χ2n) is 8.75. The van der Waals surface area contributed by atoms with E-state index < -0.39 is 0 Å². The molecular formula is C22H22O4S2. The van der Waals surface area contributed by atoms with Crippen LogP contribution in [0.15, 0.2) is 35.0 Å². The monoisotopic (exact) mass is 414 g/mol. The van der Waals surface area contributed by atoms with Crippen molar-refractivity contribution in [3.05, 3.63) is 44.8 Å². The molecule has 0 saturated heterocycles. The molecular weight excluding hydrogens is 392 g/mol. The first kappa shape index (κ1) is 17.2. The summed E-state index contributed by atoms with van der Waals surface area (Å²) in [4.78, 5) is 26.6. The molecule has 2 aromatic rings. The van der Waals surface area contributed by atoms with Gasteiger partial charge in [0.2, 0.25) is 0 Å². The number of hydrogen-bond acceptors (Lipinski definition) is 6. The zero-order valence-electron chi connectivity index (χ0n) is 15.4. The van der Waals surface area contributed by atoms with Crippen LogP contribution in [0.4, 0.5) is 0 Å². The molecule has 4 fully saturated rings. The lowest BCUT2D eigenvalue weighted by Gasteiger charge is -2.42. The van der Waals surface area contributed by atoms with Gasteiger partial charge in [0.05, 0.1) is 0 Å². The molecule has 146 valence electrons. The summed E-state index contributed by atoms with van der Waals surface area (Å²) >= 11 is 2.80. The van der Waals surface area contributed by atoms with Crippen molar-refractivity contribution in [2.24, 2.45) is 35.5 Å². The largest absolute Gasteiger partial charge is 0.454 e. The Morgan fingerprint density at radius 3 is 1.71 bits per heavy atom. The summed E-state index contributed by atoms with van der Waals surface area (Å²) in [5.41, 5.74) is 0. The van der Waals surface area contributed by atoms with Crippen molar-refractivity contribution in [1.82, 2.24) is 0 Å². The Bertz CT molecular complexity index is 818. The van der Waals surface area contributed by atoms with Crippen LogP contribution in [-0.2, 0) is 9.47 Å². The molecule has 0 amide bonds. The molecule has 8 atom stereocenters. The van der Waals surface area contributed by atoms with Crippen molar-refractivity contribution in [2.45, 2.75) is 37.9 Å². The van der Waals surface area contributed by atoms with Gasteiger partial charge in [-0.2, -0.15) is 0 Å². The van der Waals surface area contributed by atoms with Crippen molar-refractivity contribution in [3.63, 3.8) is 0 Å². The molecule has 0 aromatic carbocycles. The first-order valence-electron chi connectivity index (χ1n) is 10.2. The van der Waals surface area contributed by atoms with Crippen molar-refractivity contribution in [1.29, 1.82) is 0 Å². The lowest BCUT2D eigenvalue weighted by atomic mass is 9.69. The Morgan fingerprint density at radius 2 is 1.29 bits per heavy atom. The van der Waals surface area contributed by atoms with Gasteiger partial charge >= 0.3 is 11.9 Å². The Labute approximate surface area is 171 Å². The van der Waals surface area contributed by atoms with E-state index in [0.29, 0.717) is 33.4 Å². The maximum Gasteiger partial charge on any atom is 0.348 e. The van der Waals surface area contributed by atoms with E-state index in [1.54, 1.807) is 12.1 Å². The highest BCUT2D eigenvalue weighted by Gasteiger charge is 2.68. The third kappa shape index (κ3) is 2.47. The fourth-order valence-electron chi connectivity index (χ4n) is 6.93. The Balaban J connectivity index is 1.29. The summed E-state index contributed by atoms with van der Waals surface area (Å²) < 4.78 is 12.1. The van der Waals surface area contributed by atoms with E-state index in [2.05, 4.69) is 0 Å². The van der Waals surface area contributed by atoms with Gasteiger partial charge < -0.3 is 9.47 Å². The van der Waals surface area contributed by atoms with Gasteiger partial charge in [-0.15, -0.1) is 22.7 Å². The molecule has 0 radical (unpaired) electrons. The van der Waals surface area contributed by atoms with Crippen LogP contribution in [0.1, 0.15) is 45.0 Å². The molecule has 28 heavy (non-hydrogen) atoms. The van der Waals surface area contributed by atoms with Gasteiger partial charge in [0.1, 0.15) is 22.0 Å². The van der Waals surface area contributed by atoms with Crippen LogP contribution < -0.4 is 0 Å². The Morgan fingerprint density at radius 1 is 0.786 bits per heavy atom. The minimum absolute atomic E-state index is 0.274. The summed E-state index contributed by atoms with van der Waals surface area (Å²) in [6.45, 7) is 0. The smallest absolute Gasteiger partial charge is 0.348 e. The number of ether oxygens (including phenoxy) is 2. The lowest BCUT2D eigenvalue weighted by molar-refractivity contribution is -0.0887. The predicted molar refractivity (Wildman–Crippen MR) is 106 cm³/mol. The van der Waals surface area contributed by atoms with Crippen LogP contribution in [0.5, 0.6) is 0 Å². The lowest BCUT2D eigenvalue weighted by Crippen LogP contribution is -2.48. The molecule has 6 heteroatoms. The van der Waals surface area contributed by atoms with E-state index in [-0.39, 0.29) is 24.1 Å². The fraction of sp³-hybridized carbons (Fsp3) is 0.545.